The summed E-state index contributed by atoms with van der Waals surface area (Å²) in [5.41, 5.74) is 4.07. The minimum absolute atomic E-state index is 0.254. The molecule has 0 saturated carbocycles. The maximum Gasteiger partial charge on any atom is 0.261 e. The van der Waals surface area contributed by atoms with Gasteiger partial charge in [-0.3, -0.25) is 15.0 Å². The van der Waals surface area contributed by atoms with Gasteiger partial charge in [0.15, 0.2) is 0 Å². The highest BCUT2D eigenvalue weighted by molar-refractivity contribution is 5.99. The van der Waals surface area contributed by atoms with Gasteiger partial charge < -0.3 is 5.32 Å². The molecule has 23 heavy (non-hydrogen) atoms. The molecule has 0 unspecified atom stereocenters. The molecule has 7 nitrogen and oxygen atoms in total. The van der Waals surface area contributed by atoms with Crippen LogP contribution < -0.4 is 10.7 Å². The first-order valence-corrected chi connectivity index (χ1v) is 7.49. The zero-order chi connectivity index (χ0) is 16.8. The van der Waals surface area contributed by atoms with Crippen LogP contribution in [0.3, 0.4) is 0 Å². The number of aromatic nitrogens is 3. The second-order valence-corrected chi connectivity index (χ2v) is 5.82. The van der Waals surface area contributed by atoms with E-state index in [9.17, 15) is 9.59 Å². The second kappa shape index (κ2) is 7.53. The van der Waals surface area contributed by atoms with Crippen molar-refractivity contribution in [3.8, 4) is 0 Å². The van der Waals surface area contributed by atoms with E-state index in [2.05, 4.69) is 20.9 Å². The lowest BCUT2D eigenvalue weighted by atomic mass is 10.0. The Morgan fingerprint density at radius 1 is 1.17 bits per heavy atom. The summed E-state index contributed by atoms with van der Waals surface area (Å²) in [5, 5.41) is 10.1. The fraction of sp³-hybridized carbons (Fsp3) is 0.375. The Morgan fingerprint density at radius 3 is 2.43 bits per heavy atom. The Morgan fingerprint density at radius 2 is 1.83 bits per heavy atom. The Bertz CT molecular complexity index is 667. The number of aryl methyl sites for hydroxylation is 1. The van der Waals surface area contributed by atoms with E-state index in [4.69, 9.17) is 0 Å². The third kappa shape index (κ3) is 4.64. The van der Waals surface area contributed by atoms with Gasteiger partial charge in [-0.15, -0.1) is 10.2 Å². The van der Waals surface area contributed by atoms with E-state index >= 15 is 0 Å². The molecule has 1 aromatic heterocycles. The first-order chi connectivity index (χ1) is 11.0. The smallest absolute Gasteiger partial charge is 0.261 e. The highest BCUT2D eigenvalue weighted by Crippen LogP contribution is 2.10. The predicted molar refractivity (Wildman–Crippen MR) is 86.3 cm³/mol. The molecule has 2 rings (SSSR count). The van der Waals surface area contributed by atoms with Gasteiger partial charge in [-0.1, -0.05) is 32.0 Å². The highest BCUT2D eigenvalue weighted by atomic mass is 16.2. The number of nitrogens with zero attached hydrogens (tertiary/aromatic N) is 3. The molecule has 2 amide bonds. The van der Waals surface area contributed by atoms with E-state index in [1.54, 1.807) is 12.1 Å². The van der Waals surface area contributed by atoms with Gasteiger partial charge in [0, 0.05) is 5.56 Å². The lowest BCUT2D eigenvalue weighted by molar-refractivity contribution is -0.119. The second-order valence-electron chi connectivity index (χ2n) is 5.82. The Labute approximate surface area is 135 Å². The van der Waals surface area contributed by atoms with Gasteiger partial charge in [0.05, 0.1) is 0 Å². The summed E-state index contributed by atoms with van der Waals surface area (Å²) >= 11 is 0. The van der Waals surface area contributed by atoms with Crippen LogP contribution in [0.15, 0.2) is 36.9 Å². The number of hydrogen-bond acceptors (Lipinski definition) is 4. The lowest BCUT2D eigenvalue weighted by Crippen LogP contribution is -2.46. The van der Waals surface area contributed by atoms with Crippen LogP contribution in [-0.2, 0) is 4.79 Å². The topological polar surface area (TPSA) is 88.9 Å². The van der Waals surface area contributed by atoms with Crippen LogP contribution in [0.5, 0.6) is 0 Å². The van der Waals surface area contributed by atoms with Gasteiger partial charge in [0.1, 0.15) is 18.7 Å². The van der Waals surface area contributed by atoms with E-state index in [1.165, 1.54) is 17.3 Å². The summed E-state index contributed by atoms with van der Waals surface area (Å²) in [4.78, 5) is 24.8. The van der Waals surface area contributed by atoms with E-state index in [0.29, 0.717) is 12.0 Å². The fourth-order valence-corrected chi connectivity index (χ4v) is 2.23. The van der Waals surface area contributed by atoms with E-state index in [0.717, 1.165) is 5.56 Å². The molecule has 122 valence electrons. The van der Waals surface area contributed by atoms with Crippen LogP contribution in [0.4, 0.5) is 0 Å². The molecule has 2 aromatic rings. The Balaban J connectivity index is 2.10. The van der Waals surface area contributed by atoms with Crippen molar-refractivity contribution in [2.45, 2.75) is 33.2 Å². The molecule has 0 radical (unpaired) electrons. The van der Waals surface area contributed by atoms with Crippen LogP contribution in [0, 0.1) is 12.8 Å². The maximum atomic E-state index is 12.4. The van der Waals surface area contributed by atoms with Crippen LogP contribution in [0.1, 0.15) is 36.2 Å². The molecule has 0 saturated heterocycles. The van der Waals surface area contributed by atoms with Crippen LogP contribution in [-0.4, -0.2) is 32.7 Å². The van der Waals surface area contributed by atoms with Crippen LogP contribution >= 0.6 is 0 Å². The fourth-order valence-electron chi connectivity index (χ4n) is 2.23. The van der Waals surface area contributed by atoms with E-state index in [-0.39, 0.29) is 17.7 Å². The van der Waals surface area contributed by atoms with Gasteiger partial charge in [-0.2, -0.15) is 0 Å². The molecule has 1 aromatic carbocycles. The Kier molecular flexibility index (Phi) is 5.46. The van der Waals surface area contributed by atoms with Crippen molar-refractivity contribution in [3.63, 3.8) is 0 Å². The molecular weight excluding hydrogens is 294 g/mol. The van der Waals surface area contributed by atoms with Crippen molar-refractivity contribution in [1.29, 1.82) is 0 Å². The summed E-state index contributed by atoms with van der Waals surface area (Å²) in [6.07, 6.45) is 3.30. The molecule has 0 spiro atoms. The average Bonchev–Trinajstić information content (AvgIpc) is 2.99. The predicted octanol–water partition coefficient (Wildman–Crippen LogP) is 1.50. The highest BCUT2D eigenvalue weighted by Gasteiger charge is 2.23. The summed E-state index contributed by atoms with van der Waals surface area (Å²) in [6.45, 7) is 5.86. The number of carbonyl (C=O) groups excluding carboxylic acids is 2. The quantitative estimate of drug-likeness (QED) is 0.845. The lowest BCUT2D eigenvalue weighted by Gasteiger charge is -2.20. The third-order valence-corrected chi connectivity index (χ3v) is 3.38. The molecule has 0 aliphatic rings. The minimum atomic E-state index is -0.635. The molecule has 0 fully saturated rings. The van der Waals surface area contributed by atoms with Crippen molar-refractivity contribution >= 4 is 11.8 Å². The zero-order valence-corrected chi connectivity index (χ0v) is 13.5. The summed E-state index contributed by atoms with van der Waals surface area (Å²) in [6, 6.07) is 6.65. The molecule has 1 heterocycles. The van der Waals surface area contributed by atoms with Crippen molar-refractivity contribution < 1.29 is 9.59 Å². The monoisotopic (exact) mass is 315 g/mol. The van der Waals surface area contributed by atoms with Gasteiger partial charge in [-0.25, -0.2) is 4.68 Å². The zero-order valence-electron chi connectivity index (χ0n) is 13.5. The number of amides is 2. The van der Waals surface area contributed by atoms with E-state index < -0.39 is 6.04 Å². The Hall–Kier alpha value is -2.70. The number of carbonyl (C=O) groups is 2. The van der Waals surface area contributed by atoms with Crippen LogP contribution in [0.25, 0.3) is 0 Å². The first kappa shape index (κ1) is 16.7. The maximum absolute atomic E-state index is 12.4. The molecular formula is C16H21N5O2. The van der Waals surface area contributed by atoms with Gasteiger partial charge in [-0.05, 0) is 30.9 Å². The molecule has 1 atom stereocenters. The molecule has 0 bridgehead atoms. The van der Waals surface area contributed by atoms with Gasteiger partial charge in [0.25, 0.3) is 11.8 Å². The third-order valence-electron chi connectivity index (χ3n) is 3.38. The van der Waals surface area contributed by atoms with E-state index in [1.807, 2.05) is 32.9 Å². The average molecular weight is 315 g/mol. The number of hydrogen-bond donors (Lipinski definition) is 2. The van der Waals surface area contributed by atoms with Crippen molar-refractivity contribution in [1.82, 2.24) is 20.2 Å². The molecule has 0 aliphatic carbocycles. The molecule has 0 aliphatic heterocycles. The molecule has 7 heteroatoms. The number of benzene rings is 1. The van der Waals surface area contributed by atoms with Crippen molar-refractivity contribution in [3.05, 3.63) is 48.0 Å². The first-order valence-electron chi connectivity index (χ1n) is 7.49. The van der Waals surface area contributed by atoms with Crippen molar-refractivity contribution in [2.24, 2.45) is 5.92 Å². The normalized spacial score (nSPS) is 12.0. The van der Waals surface area contributed by atoms with Crippen LogP contribution in [0.2, 0.25) is 0 Å². The molecule has 2 N–H and O–H groups in total. The van der Waals surface area contributed by atoms with Crippen molar-refractivity contribution in [2.75, 3.05) is 5.43 Å². The SMILES string of the molecule is Cc1ccccc1C(=O)N[C@H](CC(C)C)C(=O)Nn1cnnc1. The summed E-state index contributed by atoms with van der Waals surface area (Å²) in [5.74, 6) is -0.308. The standard InChI is InChI=1S/C16H21N5O2/c1-11(2)8-14(16(23)20-21-9-17-18-10-21)19-15(22)13-7-5-4-6-12(13)3/h4-7,9-11,14H,8H2,1-3H3,(H,19,22)(H,20,23)/t14-/m1/s1. The largest absolute Gasteiger partial charge is 0.340 e. The summed E-state index contributed by atoms with van der Waals surface area (Å²) in [7, 11) is 0. The van der Waals surface area contributed by atoms with Gasteiger partial charge in [0.2, 0.25) is 0 Å². The summed E-state index contributed by atoms with van der Waals surface area (Å²) < 4.78 is 1.36. The number of nitrogens with one attached hydrogen (secondary N) is 2. The minimum Gasteiger partial charge on any atom is -0.340 e. The van der Waals surface area contributed by atoms with Gasteiger partial charge >= 0.3 is 0 Å². The number of rotatable bonds is 6.